The first-order valence-electron chi connectivity index (χ1n) is 5.33. The Labute approximate surface area is 88.9 Å². The van der Waals surface area contributed by atoms with Crippen LogP contribution in [0.15, 0.2) is 12.3 Å². The summed E-state index contributed by atoms with van der Waals surface area (Å²) < 4.78 is 6.10. The molecule has 1 nitrogen and oxygen atoms in total. The van der Waals surface area contributed by atoms with Crippen LogP contribution in [0.4, 0.5) is 0 Å². The minimum atomic E-state index is -1.47. The standard InChI is InChI=1S/C9H24OSi3/c1-5-13(3,4)10-12(2)9-7-6-8-11/h5,12H,1,6-9H2,2-4,11H3. The van der Waals surface area contributed by atoms with Gasteiger partial charge < -0.3 is 4.12 Å². The van der Waals surface area contributed by atoms with Crippen molar-refractivity contribution in [2.45, 2.75) is 44.6 Å². The van der Waals surface area contributed by atoms with Crippen LogP contribution in [0.1, 0.15) is 12.8 Å². The summed E-state index contributed by atoms with van der Waals surface area (Å²) in [6.45, 7) is 10.6. The molecule has 0 aliphatic heterocycles. The van der Waals surface area contributed by atoms with E-state index in [1.807, 2.05) is 5.70 Å². The molecule has 0 amide bonds. The maximum absolute atomic E-state index is 6.10. The SMILES string of the molecule is C=C[Si](C)(C)O[SiH](C)CCCC[SiH3]. The maximum atomic E-state index is 6.10. The van der Waals surface area contributed by atoms with Crippen LogP contribution >= 0.6 is 0 Å². The topological polar surface area (TPSA) is 9.23 Å². The van der Waals surface area contributed by atoms with E-state index in [1.54, 1.807) is 0 Å². The van der Waals surface area contributed by atoms with Crippen LogP contribution in [0.2, 0.25) is 31.7 Å². The molecule has 1 atom stereocenters. The fraction of sp³-hybridized carbons (Fsp3) is 0.778. The molecule has 0 radical (unpaired) electrons. The van der Waals surface area contributed by atoms with E-state index < -0.39 is 17.4 Å². The molecule has 4 heteroatoms. The summed E-state index contributed by atoms with van der Waals surface area (Å²) >= 11 is 0. The van der Waals surface area contributed by atoms with Crippen LogP contribution in [0.3, 0.4) is 0 Å². The third-order valence-electron chi connectivity index (χ3n) is 2.21. The van der Waals surface area contributed by atoms with Gasteiger partial charge in [-0.2, -0.15) is 0 Å². The second kappa shape index (κ2) is 6.75. The van der Waals surface area contributed by atoms with Crippen molar-refractivity contribution in [1.29, 1.82) is 0 Å². The van der Waals surface area contributed by atoms with Gasteiger partial charge >= 0.3 is 0 Å². The van der Waals surface area contributed by atoms with Gasteiger partial charge in [0.25, 0.3) is 0 Å². The molecule has 0 aromatic carbocycles. The molecular weight excluding hydrogens is 208 g/mol. The van der Waals surface area contributed by atoms with E-state index in [1.165, 1.54) is 35.2 Å². The molecule has 0 saturated carbocycles. The lowest BCUT2D eigenvalue weighted by atomic mass is 10.4. The van der Waals surface area contributed by atoms with Crippen LogP contribution in [-0.2, 0) is 4.12 Å². The van der Waals surface area contributed by atoms with Gasteiger partial charge in [-0.1, -0.05) is 24.6 Å². The first-order chi connectivity index (χ1) is 6.02. The fourth-order valence-corrected chi connectivity index (χ4v) is 7.68. The van der Waals surface area contributed by atoms with Gasteiger partial charge in [-0.25, -0.2) is 0 Å². The van der Waals surface area contributed by atoms with Crippen LogP contribution < -0.4 is 0 Å². The Balaban J connectivity index is 3.61. The lowest BCUT2D eigenvalue weighted by Crippen LogP contribution is -2.34. The summed E-state index contributed by atoms with van der Waals surface area (Å²) in [5, 5.41) is 0. The summed E-state index contributed by atoms with van der Waals surface area (Å²) in [6.07, 6.45) is 2.81. The maximum Gasteiger partial charge on any atom is 0.197 e. The van der Waals surface area contributed by atoms with Crippen molar-refractivity contribution in [2.24, 2.45) is 0 Å². The molecule has 78 valence electrons. The smallest absolute Gasteiger partial charge is 0.197 e. The molecule has 0 saturated heterocycles. The zero-order valence-electron chi connectivity index (χ0n) is 9.60. The first-order valence-corrected chi connectivity index (χ1v) is 12.2. The minimum Gasteiger partial charge on any atom is -0.455 e. The largest absolute Gasteiger partial charge is 0.455 e. The summed E-state index contributed by atoms with van der Waals surface area (Å²) in [7, 11) is -0.977. The highest BCUT2D eigenvalue weighted by atomic mass is 28.4. The van der Waals surface area contributed by atoms with E-state index >= 15 is 0 Å². The van der Waals surface area contributed by atoms with E-state index in [4.69, 9.17) is 4.12 Å². The van der Waals surface area contributed by atoms with E-state index in [2.05, 4.69) is 26.2 Å². The molecule has 0 spiro atoms. The molecule has 0 aromatic rings. The number of rotatable bonds is 7. The Hall–Kier alpha value is 0.351. The highest BCUT2D eigenvalue weighted by Gasteiger charge is 2.20. The van der Waals surface area contributed by atoms with Gasteiger partial charge in [0.15, 0.2) is 17.4 Å². The molecule has 0 aromatic heterocycles. The van der Waals surface area contributed by atoms with Crippen molar-refractivity contribution in [1.82, 2.24) is 0 Å². The van der Waals surface area contributed by atoms with Gasteiger partial charge in [0.2, 0.25) is 0 Å². The quantitative estimate of drug-likeness (QED) is 0.481. The Kier molecular flexibility index (Phi) is 6.93. The Morgan fingerprint density at radius 2 is 2.08 bits per heavy atom. The van der Waals surface area contributed by atoms with Crippen molar-refractivity contribution < 1.29 is 4.12 Å². The summed E-state index contributed by atoms with van der Waals surface area (Å²) in [4.78, 5) is 0. The highest BCUT2D eigenvalue weighted by molar-refractivity contribution is 6.81. The molecule has 13 heavy (non-hydrogen) atoms. The number of hydrogen-bond acceptors (Lipinski definition) is 1. The lowest BCUT2D eigenvalue weighted by Gasteiger charge is -2.23. The Bertz CT molecular complexity index is 148. The van der Waals surface area contributed by atoms with Crippen LogP contribution in [-0.4, -0.2) is 27.6 Å². The minimum absolute atomic E-state index is 0.870. The molecular formula is C9H24OSi3. The van der Waals surface area contributed by atoms with E-state index in [0.717, 1.165) is 0 Å². The Morgan fingerprint density at radius 3 is 2.54 bits per heavy atom. The monoisotopic (exact) mass is 232 g/mol. The molecule has 0 aliphatic carbocycles. The third-order valence-corrected chi connectivity index (χ3v) is 9.16. The molecule has 0 fully saturated rings. The molecule has 0 heterocycles. The zero-order chi connectivity index (χ0) is 10.3. The average molecular weight is 233 g/mol. The number of unbranched alkanes of at least 4 members (excludes halogenated alkanes) is 1. The van der Waals surface area contributed by atoms with Gasteiger partial charge in [-0.05, 0) is 25.7 Å². The van der Waals surface area contributed by atoms with Crippen LogP contribution in [0, 0.1) is 0 Å². The summed E-state index contributed by atoms with van der Waals surface area (Å²) in [5.74, 6) is 0. The van der Waals surface area contributed by atoms with Gasteiger partial charge in [-0.3, -0.25) is 0 Å². The molecule has 0 aliphatic rings. The second-order valence-electron chi connectivity index (χ2n) is 4.23. The fourth-order valence-electron chi connectivity index (χ4n) is 1.31. The first kappa shape index (κ1) is 13.4. The van der Waals surface area contributed by atoms with Gasteiger partial charge in [0, 0.05) is 10.2 Å². The summed E-state index contributed by atoms with van der Waals surface area (Å²) in [5.41, 5.74) is 2.04. The normalized spacial score (nSPS) is 14.4. The average Bonchev–Trinajstić information content (AvgIpc) is 2.04. The molecule has 1 unspecified atom stereocenters. The van der Waals surface area contributed by atoms with E-state index in [0.29, 0.717) is 0 Å². The highest BCUT2D eigenvalue weighted by Crippen LogP contribution is 2.12. The van der Waals surface area contributed by atoms with Gasteiger partial charge in [0.1, 0.15) is 0 Å². The van der Waals surface area contributed by atoms with Gasteiger partial charge in [-0.15, -0.1) is 6.58 Å². The van der Waals surface area contributed by atoms with E-state index in [-0.39, 0.29) is 0 Å². The van der Waals surface area contributed by atoms with Gasteiger partial charge in [0.05, 0.1) is 0 Å². The van der Waals surface area contributed by atoms with Crippen molar-refractivity contribution in [3.8, 4) is 0 Å². The molecule has 0 N–H and O–H groups in total. The second-order valence-corrected chi connectivity index (χ2v) is 12.0. The predicted molar refractivity (Wildman–Crippen MR) is 70.6 cm³/mol. The van der Waals surface area contributed by atoms with Crippen molar-refractivity contribution in [3.05, 3.63) is 12.3 Å². The summed E-state index contributed by atoms with van der Waals surface area (Å²) in [6, 6.07) is 2.80. The van der Waals surface area contributed by atoms with Crippen molar-refractivity contribution in [2.75, 3.05) is 0 Å². The van der Waals surface area contributed by atoms with Crippen LogP contribution in [0.25, 0.3) is 0 Å². The third kappa shape index (κ3) is 7.42. The van der Waals surface area contributed by atoms with Crippen molar-refractivity contribution >= 4 is 27.6 Å². The lowest BCUT2D eigenvalue weighted by molar-refractivity contribution is 0.574. The molecule has 0 rings (SSSR count). The van der Waals surface area contributed by atoms with E-state index in [9.17, 15) is 0 Å². The Morgan fingerprint density at radius 1 is 1.46 bits per heavy atom. The molecule has 0 bridgehead atoms. The van der Waals surface area contributed by atoms with Crippen LogP contribution in [0.5, 0.6) is 0 Å². The zero-order valence-corrected chi connectivity index (χ0v) is 13.8. The number of hydrogen-bond donors (Lipinski definition) is 0. The van der Waals surface area contributed by atoms with Crippen molar-refractivity contribution in [3.63, 3.8) is 0 Å². The predicted octanol–water partition coefficient (Wildman–Crippen LogP) is 1.85.